The van der Waals surface area contributed by atoms with Crippen LogP contribution in [0.15, 0.2) is 0 Å². The van der Waals surface area contributed by atoms with Crippen molar-refractivity contribution < 1.29 is 42.9 Å². The Hall–Kier alpha value is -2.69. The van der Waals surface area contributed by atoms with Crippen LogP contribution in [0.3, 0.4) is 0 Å². The molecule has 0 unspecified atom stereocenters. The molecular weight excluding hydrogens is 352 g/mol. The van der Waals surface area contributed by atoms with E-state index in [1.54, 1.807) is 0 Å². The van der Waals surface area contributed by atoms with E-state index in [9.17, 15) is 24.0 Å². The van der Waals surface area contributed by atoms with Gasteiger partial charge in [0.05, 0.1) is 34.9 Å². The van der Waals surface area contributed by atoms with Crippen molar-refractivity contribution in [3.63, 3.8) is 0 Å². The molecule has 1 heterocycles. The molecule has 0 saturated carbocycles. The van der Waals surface area contributed by atoms with E-state index in [4.69, 9.17) is 14.2 Å². The lowest BCUT2D eigenvalue weighted by atomic mass is 9.78. The van der Waals surface area contributed by atoms with Gasteiger partial charge in [-0.05, 0) is 0 Å². The van der Waals surface area contributed by atoms with Gasteiger partial charge in [0, 0.05) is 14.0 Å². The molecule has 0 aliphatic carbocycles. The molecule has 0 aromatic carbocycles. The van der Waals surface area contributed by atoms with Crippen LogP contribution in [0.1, 0.15) is 13.3 Å². The predicted molar refractivity (Wildman–Crippen MR) is 83.0 cm³/mol. The zero-order valence-electron chi connectivity index (χ0n) is 15.4. The van der Waals surface area contributed by atoms with Gasteiger partial charge < -0.3 is 18.9 Å². The first-order valence-electron chi connectivity index (χ1n) is 7.48. The smallest absolute Gasteiger partial charge is 0.331 e. The Bertz CT molecular complexity index is 620. The fourth-order valence-electron chi connectivity index (χ4n) is 3.22. The second-order valence-corrected chi connectivity index (χ2v) is 5.52. The second kappa shape index (κ2) is 8.13. The molecule has 1 aliphatic rings. The van der Waals surface area contributed by atoms with Gasteiger partial charge in [0.2, 0.25) is 5.91 Å². The summed E-state index contributed by atoms with van der Waals surface area (Å²) in [6.07, 6.45) is -0.663. The molecule has 0 bridgehead atoms. The summed E-state index contributed by atoms with van der Waals surface area (Å²) in [6, 6.07) is -1.53. The minimum absolute atomic E-state index is 0.660. The second-order valence-electron chi connectivity index (χ2n) is 5.52. The Morgan fingerprint density at radius 1 is 0.885 bits per heavy atom. The summed E-state index contributed by atoms with van der Waals surface area (Å²) in [7, 11) is 5.53. The molecule has 11 nitrogen and oxygen atoms in total. The minimum Gasteiger partial charge on any atom is -0.469 e. The zero-order valence-corrected chi connectivity index (χ0v) is 15.4. The number of hydrogen-bond donors (Lipinski definition) is 0. The summed E-state index contributed by atoms with van der Waals surface area (Å²) in [5, 5.41) is 1.90. The number of rotatable bonds is 5. The number of carbonyl (C=O) groups excluding carboxylic acids is 5. The molecule has 1 fully saturated rings. The van der Waals surface area contributed by atoms with Crippen molar-refractivity contribution in [3.8, 4) is 0 Å². The van der Waals surface area contributed by atoms with Crippen molar-refractivity contribution in [3.05, 3.63) is 0 Å². The molecule has 0 aromatic rings. The summed E-state index contributed by atoms with van der Waals surface area (Å²) in [4.78, 5) is 61.7. The molecule has 1 aliphatic heterocycles. The van der Waals surface area contributed by atoms with Crippen LogP contribution < -0.4 is 0 Å². The van der Waals surface area contributed by atoms with Crippen LogP contribution in [-0.2, 0) is 42.9 Å². The first-order chi connectivity index (χ1) is 12.1. The molecule has 0 N–H and O–H groups in total. The van der Waals surface area contributed by atoms with Crippen LogP contribution in [0.2, 0.25) is 0 Å². The van der Waals surface area contributed by atoms with Crippen molar-refractivity contribution in [1.29, 1.82) is 0 Å². The highest BCUT2D eigenvalue weighted by molar-refractivity contribution is 5.99. The Labute approximate surface area is 150 Å². The first-order valence-corrected chi connectivity index (χ1v) is 7.48. The summed E-state index contributed by atoms with van der Waals surface area (Å²) in [5.41, 5.74) is -2.04. The lowest BCUT2D eigenvalue weighted by molar-refractivity contribution is -0.176. The highest BCUT2D eigenvalue weighted by atomic mass is 16.5. The highest BCUT2D eigenvalue weighted by Crippen LogP contribution is 2.43. The van der Waals surface area contributed by atoms with Crippen LogP contribution in [0.5, 0.6) is 0 Å². The lowest BCUT2D eigenvalue weighted by Crippen LogP contribution is -2.59. The van der Waals surface area contributed by atoms with Gasteiger partial charge in [0.1, 0.15) is 5.92 Å². The normalized spacial score (nSPS) is 25.4. The summed E-state index contributed by atoms with van der Waals surface area (Å²) in [6.45, 7) is 1.13. The molecule has 0 spiro atoms. The largest absolute Gasteiger partial charge is 0.469 e. The van der Waals surface area contributed by atoms with E-state index in [1.165, 1.54) is 7.05 Å². The predicted octanol–water partition coefficient (Wildman–Crippen LogP) is -1.50. The van der Waals surface area contributed by atoms with Crippen molar-refractivity contribution in [2.24, 2.45) is 5.92 Å². The Morgan fingerprint density at radius 3 is 1.81 bits per heavy atom. The minimum atomic E-state index is -2.04. The Balaban J connectivity index is 3.77. The highest BCUT2D eigenvalue weighted by Gasteiger charge is 2.69. The van der Waals surface area contributed by atoms with Gasteiger partial charge in [0.25, 0.3) is 0 Å². The van der Waals surface area contributed by atoms with E-state index in [0.717, 1.165) is 45.4 Å². The fourth-order valence-corrected chi connectivity index (χ4v) is 3.22. The fraction of sp³-hybridized carbons (Fsp3) is 0.667. The number of nitrogens with zero attached hydrogens (tertiary/aromatic N) is 2. The van der Waals surface area contributed by atoms with Crippen LogP contribution in [0.25, 0.3) is 0 Å². The van der Waals surface area contributed by atoms with Gasteiger partial charge in [-0.1, -0.05) is 0 Å². The molecule has 1 amide bonds. The van der Waals surface area contributed by atoms with Gasteiger partial charge >= 0.3 is 23.9 Å². The third-order valence-corrected chi connectivity index (χ3v) is 4.40. The third kappa shape index (κ3) is 3.21. The molecular formula is C15H22N2O9. The Morgan fingerprint density at radius 2 is 1.42 bits per heavy atom. The topological polar surface area (TPSA) is 129 Å². The molecule has 0 aromatic heterocycles. The summed E-state index contributed by atoms with van der Waals surface area (Å²) >= 11 is 0. The molecule has 3 atom stereocenters. The zero-order chi connectivity index (χ0) is 20.2. The summed E-state index contributed by atoms with van der Waals surface area (Å²) in [5.74, 6) is -6.07. The van der Waals surface area contributed by atoms with Gasteiger partial charge in [-0.2, -0.15) is 0 Å². The monoisotopic (exact) mass is 374 g/mol. The number of ether oxygens (including phenoxy) is 4. The van der Waals surface area contributed by atoms with Gasteiger partial charge in [-0.25, -0.2) is 14.6 Å². The number of hydrazine groups is 1. The van der Waals surface area contributed by atoms with E-state index < -0.39 is 53.7 Å². The molecule has 11 heteroatoms. The average Bonchev–Trinajstić information content (AvgIpc) is 2.89. The van der Waals surface area contributed by atoms with E-state index in [0.29, 0.717) is 0 Å². The number of esters is 4. The van der Waals surface area contributed by atoms with Gasteiger partial charge in [-0.15, -0.1) is 0 Å². The van der Waals surface area contributed by atoms with Crippen molar-refractivity contribution >= 4 is 29.8 Å². The molecule has 1 saturated heterocycles. The maximum Gasteiger partial charge on any atom is 0.331 e. The van der Waals surface area contributed by atoms with E-state index in [1.807, 2.05) is 0 Å². The number of carbonyl (C=O) groups is 5. The number of hydrogen-bond acceptors (Lipinski definition) is 10. The van der Waals surface area contributed by atoms with Crippen LogP contribution in [0.4, 0.5) is 0 Å². The quantitative estimate of drug-likeness (QED) is 0.414. The number of methoxy groups -OCH3 is 4. The molecule has 146 valence electrons. The SMILES string of the molecule is COC(=O)C[C@@]1(C(=O)OC)[C@H](C(=O)OC)[C@@H](C(=O)OC)N(C(C)=O)N1C. The third-order valence-electron chi connectivity index (χ3n) is 4.40. The average molecular weight is 374 g/mol. The van der Waals surface area contributed by atoms with Crippen LogP contribution in [-0.4, -0.2) is 86.9 Å². The molecule has 26 heavy (non-hydrogen) atoms. The Kier molecular flexibility index (Phi) is 6.67. The van der Waals surface area contributed by atoms with Crippen LogP contribution >= 0.6 is 0 Å². The molecule has 1 rings (SSSR count). The molecule has 0 radical (unpaired) electrons. The maximum absolute atomic E-state index is 12.7. The number of amides is 1. The standard InChI is InChI=1S/C15H22N2O9/c1-8(18)17-11(13(21)25-5)10(12(20)24-4)15(16(17)2,14(22)26-6)7-9(19)23-3/h10-11H,7H2,1-6H3/t10-,11-,15-/m0/s1. The lowest BCUT2D eigenvalue weighted by Gasteiger charge is -2.36. The van der Waals surface area contributed by atoms with Gasteiger partial charge in [-0.3, -0.25) is 19.4 Å². The number of likely N-dealkylation sites (N-methyl/N-ethyl adjacent to an activating group) is 1. The summed E-state index contributed by atoms with van der Waals surface area (Å²) < 4.78 is 18.8. The van der Waals surface area contributed by atoms with Crippen molar-refractivity contribution in [2.45, 2.75) is 24.9 Å². The van der Waals surface area contributed by atoms with E-state index in [-0.39, 0.29) is 0 Å². The van der Waals surface area contributed by atoms with E-state index >= 15 is 0 Å². The maximum atomic E-state index is 12.7. The van der Waals surface area contributed by atoms with Gasteiger partial charge in [0.15, 0.2) is 11.6 Å². The van der Waals surface area contributed by atoms with Crippen LogP contribution in [0, 0.1) is 5.92 Å². The first kappa shape index (κ1) is 21.4. The van der Waals surface area contributed by atoms with E-state index in [2.05, 4.69) is 4.74 Å². The van der Waals surface area contributed by atoms with Crippen molar-refractivity contribution in [1.82, 2.24) is 10.0 Å². The van der Waals surface area contributed by atoms with Crippen molar-refractivity contribution in [2.75, 3.05) is 35.5 Å².